The summed E-state index contributed by atoms with van der Waals surface area (Å²) in [4.78, 5) is 28.0. The number of amides is 1. The molecule has 9 nitrogen and oxygen atoms in total. The first-order chi connectivity index (χ1) is 18.8. The van der Waals surface area contributed by atoms with Crippen LogP contribution in [0.25, 0.3) is 5.76 Å². The molecule has 1 N–H and O–H groups in total. The van der Waals surface area contributed by atoms with Crippen molar-refractivity contribution in [3.63, 3.8) is 0 Å². The number of nitrogens with zero attached hydrogens (tertiary/aromatic N) is 1. The second-order valence-electron chi connectivity index (χ2n) is 9.45. The Morgan fingerprint density at radius 2 is 1.59 bits per heavy atom. The summed E-state index contributed by atoms with van der Waals surface area (Å²) in [6.45, 7) is 6.87. The summed E-state index contributed by atoms with van der Waals surface area (Å²) in [5.41, 5.74) is 0.880. The first kappa shape index (κ1) is 29.8. The molecule has 0 radical (unpaired) electrons. The number of ether oxygens (including phenoxy) is 5. The van der Waals surface area contributed by atoms with E-state index in [0.717, 1.165) is 19.3 Å². The van der Waals surface area contributed by atoms with Gasteiger partial charge in [-0.05, 0) is 62.2 Å². The molecule has 3 rings (SSSR count). The number of carbonyl (C=O) groups is 2. The summed E-state index contributed by atoms with van der Waals surface area (Å²) in [5.74, 6) is -0.0273. The molecule has 212 valence electrons. The maximum atomic E-state index is 13.4. The number of ketones is 1. The Kier molecular flexibility index (Phi) is 10.6. The van der Waals surface area contributed by atoms with E-state index in [-0.39, 0.29) is 30.6 Å². The number of hydrogen-bond donors (Lipinski definition) is 1. The maximum Gasteiger partial charge on any atom is 0.295 e. The van der Waals surface area contributed by atoms with Gasteiger partial charge in [-0.1, -0.05) is 19.8 Å². The smallest absolute Gasteiger partial charge is 0.295 e. The minimum Gasteiger partial charge on any atom is -0.507 e. The average Bonchev–Trinajstić information content (AvgIpc) is 3.19. The summed E-state index contributed by atoms with van der Waals surface area (Å²) >= 11 is 0. The lowest BCUT2D eigenvalue weighted by atomic mass is 9.94. The third-order valence-electron chi connectivity index (χ3n) is 6.47. The second-order valence-corrected chi connectivity index (χ2v) is 9.45. The topological polar surface area (TPSA) is 104 Å². The van der Waals surface area contributed by atoms with Gasteiger partial charge in [-0.25, -0.2) is 0 Å². The molecular formula is C30H39NO8. The van der Waals surface area contributed by atoms with Gasteiger partial charge in [0, 0.05) is 12.1 Å². The number of methoxy groups -OCH3 is 3. The van der Waals surface area contributed by atoms with Crippen LogP contribution in [0.5, 0.6) is 23.0 Å². The van der Waals surface area contributed by atoms with Crippen molar-refractivity contribution in [1.82, 2.24) is 4.90 Å². The Bertz CT molecular complexity index is 1150. The molecule has 9 heteroatoms. The van der Waals surface area contributed by atoms with E-state index >= 15 is 0 Å². The van der Waals surface area contributed by atoms with Crippen LogP contribution in [0.3, 0.4) is 0 Å². The first-order valence-corrected chi connectivity index (χ1v) is 13.2. The van der Waals surface area contributed by atoms with Crippen LogP contribution in [-0.4, -0.2) is 68.9 Å². The SMILES string of the molecule is CCCCCOc1ccc(/C(O)=C2\C(=O)C(=O)N(CCOC(C)C)C2c2cc(OC)c(OC)c(OC)c2)cc1. The van der Waals surface area contributed by atoms with Gasteiger partial charge in [0.25, 0.3) is 11.7 Å². The summed E-state index contributed by atoms with van der Waals surface area (Å²) < 4.78 is 27.9. The van der Waals surface area contributed by atoms with Crippen LogP contribution in [0, 0.1) is 0 Å². The van der Waals surface area contributed by atoms with Gasteiger partial charge in [0.05, 0.1) is 52.3 Å². The van der Waals surface area contributed by atoms with Gasteiger partial charge in [0.2, 0.25) is 5.75 Å². The molecule has 1 unspecified atom stereocenters. The largest absolute Gasteiger partial charge is 0.507 e. The van der Waals surface area contributed by atoms with Crippen molar-refractivity contribution in [2.75, 3.05) is 41.1 Å². The fourth-order valence-corrected chi connectivity index (χ4v) is 4.51. The number of aliphatic hydroxyl groups excluding tert-OH is 1. The van der Waals surface area contributed by atoms with Crippen molar-refractivity contribution in [3.8, 4) is 23.0 Å². The number of likely N-dealkylation sites (tertiary alicyclic amines) is 1. The predicted molar refractivity (Wildman–Crippen MR) is 148 cm³/mol. The van der Waals surface area contributed by atoms with E-state index in [4.69, 9.17) is 23.7 Å². The van der Waals surface area contributed by atoms with Gasteiger partial charge >= 0.3 is 0 Å². The van der Waals surface area contributed by atoms with Crippen LogP contribution in [0.2, 0.25) is 0 Å². The average molecular weight is 542 g/mol. The lowest BCUT2D eigenvalue weighted by Gasteiger charge is -2.26. The zero-order valence-corrected chi connectivity index (χ0v) is 23.6. The van der Waals surface area contributed by atoms with E-state index < -0.39 is 17.7 Å². The van der Waals surface area contributed by atoms with E-state index in [1.54, 1.807) is 36.4 Å². The second kappa shape index (κ2) is 13.9. The highest BCUT2D eigenvalue weighted by Crippen LogP contribution is 2.45. The molecule has 0 bridgehead atoms. The molecule has 0 saturated carbocycles. The lowest BCUT2D eigenvalue weighted by molar-refractivity contribution is -0.140. The minimum atomic E-state index is -0.903. The predicted octanol–water partition coefficient (Wildman–Crippen LogP) is 5.13. The molecule has 0 aliphatic carbocycles. The number of unbranched alkanes of at least 4 members (excludes halogenated alkanes) is 2. The Morgan fingerprint density at radius 1 is 0.949 bits per heavy atom. The minimum absolute atomic E-state index is 0.0320. The fraction of sp³-hybridized carbons (Fsp3) is 0.467. The molecule has 0 spiro atoms. The van der Waals surface area contributed by atoms with E-state index in [2.05, 4.69) is 6.92 Å². The van der Waals surface area contributed by atoms with Crippen LogP contribution in [0.4, 0.5) is 0 Å². The van der Waals surface area contributed by atoms with Crippen molar-refractivity contribution in [3.05, 3.63) is 53.1 Å². The van der Waals surface area contributed by atoms with Crippen molar-refractivity contribution in [1.29, 1.82) is 0 Å². The monoisotopic (exact) mass is 541 g/mol. The van der Waals surface area contributed by atoms with Crippen LogP contribution >= 0.6 is 0 Å². The number of aliphatic hydroxyl groups is 1. The van der Waals surface area contributed by atoms with Gasteiger partial charge in [0.1, 0.15) is 11.5 Å². The Balaban J connectivity index is 2.07. The van der Waals surface area contributed by atoms with Gasteiger partial charge in [-0.15, -0.1) is 0 Å². The van der Waals surface area contributed by atoms with E-state index in [9.17, 15) is 14.7 Å². The molecule has 39 heavy (non-hydrogen) atoms. The number of benzene rings is 2. The van der Waals surface area contributed by atoms with Gasteiger partial charge < -0.3 is 33.7 Å². The molecule has 2 aromatic carbocycles. The molecule has 1 fully saturated rings. The third-order valence-corrected chi connectivity index (χ3v) is 6.47. The van der Waals surface area contributed by atoms with Gasteiger partial charge in [-0.3, -0.25) is 9.59 Å². The summed E-state index contributed by atoms with van der Waals surface area (Å²) in [6.07, 6.45) is 3.09. The van der Waals surface area contributed by atoms with Crippen LogP contribution in [-0.2, 0) is 14.3 Å². The first-order valence-electron chi connectivity index (χ1n) is 13.2. The number of carbonyl (C=O) groups excluding carboxylic acids is 2. The molecule has 1 heterocycles. The molecule has 1 saturated heterocycles. The highest BCUT2D eigenvalue weighted by Gasteiger charge is 2.46. The Labute approximate surface area is 230 Å². The lowest BCUT2D eigenvalue weighted by Crippen LogP contribution is -2.33. The molecule has 1 aliphatic heterocycles. The van der Waals surface area contributed by atoms with E-state index in [0.29, 0.717) is 40.7 Å². The third kappa shape index (κ3) is 6.84. The zero-order chi connectivity index (χ0) is 28.5. The summed E-state index contributed by atoms with van der Waals surface area (Å²) in [5, 5.41) is 11.4. The normalized spacial score (nSPS) is 16.6. The molecular weight excluding hydrogens is 502 g/mol. The molecule has 1 aliphatic rings. The van der Waals surface area contributed by atoms with Crippen LogP contribution in [0.15, 0.2) is 42.0 Å². The van der Waals surface area contributed by atoms with Gasteiger partial charge in [-0.2, -0.15) is 0 Å². The molecule has 0 aromatic heterocycles. The van der Waals surface area contributed by atoms with Crippen molar-refractivity contribution >= 4 is 17.4 Å². The Morgan fingerprint density at radius 3 is 2.13 bits per heavy atom. The highest BCUT2D eigenvalue weighted by atomic mass is 16.5. The van der Waals surface area contributed by atoms with E-state index in [1.165, 1.54) is 26.2 Å². The standard InChI is InChI=1S/C30H39NO8/c1-7-8-9-15-39-22-12-10-20(11-13-22)27(32)25-26(31(30(34)28(25)33)14-16-38-19(2)3)21-17-23(35-4)29(37-6)24(18-21)36-5/h10-13,17-19,26,32H,7-9,14-16H2,1-6H3/b27-25+. The molecule has 1 amide bonds. The van der Waals surface area contributed by atoms with E-state index in [1.807, 2.05) is 13.8 Å². The Hall–Kier alpha value is -3.72. The summed E-state index contributed by atoms with van der Waals surface area (Å²) in [6, 6.07) is 9.27. The van der Waals surface area contributed by atoms with Gasteiger partial charge in [0.15, 0.2) is 11.5 Å². The number of rotatable bonds is 14. The fourth-order valence-electron chi connectivity index (χ4n) is 4.51. The van der Waals surface area contributed by atoms with Crippen molar-refractivity contribution in [2.24, 2.45) is 0 Å². The van der Waals surface area contributed by atoms with Crippen LogP contribution < -0.4 is 18.9 Å². The number of Topliss-reactive ketones (excluding diaryl/α,β-unsaturated/α-hetero) is 1. The van der Waals surface area contributed by atoms with Crippen molar-refractivity contribution < 1.29 is 38.4 Å². The molecule has 1 atom stereocenters. The highest BCUT2D eigenvalue weighted by molar-refractivity contribution is 6.46. The summed E-state index contributed by atoms with van der Waals surface area (Å²) in [7, 11) is 4.47. The number of hydrogen-bond acceptors (Lipinski definition) is 8. The zero-order valence-electron chi connectivity index (χ0n) is 23.6. The molecule has 2 aromatic rings. The van der Waals surface area contributed by atoms with Crippen LogP contribution in [0.1, 0.15) is 57.2 Å². The quantitative estimate of drug-likeness (QED) is 0.152. The maximum absolute atomic E-state index is 13.4. The van der Waals surface area contributed by atoms with Crippen molar-refractivity contribution in [2.45, 2.75) is 52.2 Å².